The summed E-state index contributed by atoms with van der Waals surface area (Å²) in [5.74, 6) is 0.485. The lowest BCUT2D eigenvalue weighted by Gasteiger charge is -2.12. The topological polar surface area (TPSA) is 65.6 Å². The van der Waals surface area contributed by atoms with E-state index < -0.39 is 0 Å². The highest BCUT2D eigenvalue weighted by molar-refractivity contribution is 5.98. The predicted octanol–water partition coefficient (Wildman–Crippen LogP) is 2.65. The van der Waals surface area contributed by atoms with Gasteiger partial charge >= 0.3 is 0 Å². The van der Waals surface area contributed by atoms with Crippen LogP contribution in [0.4, 0.5) is 0 Å². The number of nitrogens with zero attached hydrogens (tertiary/aromatic N) is 2. The maximum Gasteiger partial charge on any atom is 0.220 e. The molecule has 4 nitrogen and oxygen atoms in total. The second-order valence-electron chi connectivity index (χ2n) is 4.92. The van der Waals surface area contributed by atoms with Crippen LogP contribution < -0.4 is 0 Å². The number of phenols is 1. The molecule has 104 valence electrons. The van der Waals surface area contributed by atoms with Gasteiger partial charge in [-0.25, -0.2) is 4.99 Å². The molecule has 1 unspecified atom stereocenters. The Balaban J connectivity index is 1.74. The number of phenolic OH excluding ortho intramolecular Hbond substituents is 1. The third-order valence-corrected chi connectivity index (χ3v) is 3.38. The van der Waals surface area contributed by atoms with Gasteiger partial charge in [0.1, 0.15) is 11.9 Å². The highest BCUT2D eigenvalue weighted by atomic mass is 16.5. The molecule has 1 aliphatic rings. The monoisotopic (exact) mass is 278 g/mol. The lowest BCUT2D eigenvalue weighted by Crippen LogP contribution is -2.16. The first-order chi connectivity index (χ1) is 10.3. The van der Waals surface area contributed by atoms with Gasteiger partial charge in [0, 0.05) is 6.42 Å². The van der Waals surface area contributed by atoms with E-state index in [2.05, 4.69) is 17.1 Å². The second kappa shape index (κ2) is 5.68. The molecule has 0 bridgehead atoms. The largest absolute Gasteiger partial charge is 0.507 e. The predicted molar refractivity (Wildman–Crippen MR) is 79.2 cm³/mol. The van der Waals surface area contributed by atoms with E-state index in [9.17, 15) is 5.11 Å². The molecule has 2 aromatic rings. The van der Waals surface area contributed by atoms with Crippen molar-refractivity contribution in [1.82, 2.24) is 0 Å². The van der Waals surface area contributed by atoms with Crippen molar-refractivity contribution >= 4 is 5.90 Å². The van der Waals surface area contributed by atoms with E-state index in [4.69, 9.17) is 10.00 Å². The molecule has 1 atom stereocenters. The second-order valence-corrected chi connectivity index (χ2v) is 4.92. The van der Waals surface area contributed by atoms with Gasteiger partial charge in [-0.15, -0.1) is 0 Å². The number of ether oxygens (including phenoxy) is 1. The van der Waals surface area contributed by atoms with E-state index in [-0.39, 0.29) is 11.9 Å². The summed E-state index contributed by atoms with van der Waals surface area (Å²) in [7, 11) is 0. The number of nitriles is 1. The summed E-state index contributed by atoms with van der Waals surface area (Å²) in [6, 6.07) is 16.8. The van der Waals surface area contributed by atoms with Crippen LogP contribution in [0.3, 0.4) is 0 Å². The highest BCUT2D eigenvalue weighted by Crippen LogP contribution is 2.23. The molecular formula is C17H14N2O2. The van der Waals surface area contributed by atoms with E-state index in [1.165, 1.54) is 11.6 Å². The third kappa shape index (κ3) is 2.87. The van der Waals surface area contributed by atoms with Crippen LogP contribution in [0.2, 0.25) is 0 Å². The molecule has 0 radical (unpaired) electrons. The summed E-state index contributed by atoms with van der Waals surface area (Å²) in [5.41, 5.74) is 2.14. The lowest BCUT2D eigenvalue weighted by atomic mass is 10.1. The van der Waals surface area contributed by atoms with Gasteiger partial charge in [0.25, 0.3) is 0 Å². The molecule has 0 saturated carbocycles. The van der Waals surface area contributed by atoms with E-state index in [0.29, 0.717) is 23.6 Å². The minimum absolute atomic E-state index is 0.0347. The zero-order chi connectivity index (χ0) is 14.7. The highest BCUT2D eigenvalue weighted by Gasteiger charge is 2.23. The third-order valence-electron chi connectivity index (χ3n) is 3.38. The van der Waals surface area contributed by atoms with E-state index in [1.54, 1.807) is 12.1 Å². The molecule has 1 N–H and O–H groups in total. The first-order valence-corrected chi connectivity index (χ1v) is 6.75. The van der Waals surface area contributed by atoms with Crippen LogP contribution in [0.15, 0.2) is 53.5 Å². The molecule has 4 heteroatoms. The van der Waals surface area contributed by atoms with Crippen molar-refractivity contribution in [1.29, 1.82) is 5.26 Å². The number of hydrogen-bond acceptors (Lipinski definition) is 4. The summed E-state index contributed by atoms with van der Waals surface area (Å²) < 4.78 is 5.81. The van der Waals surface area contributed by atoms with E-state index >= 15 is 0 Å². The number of aliphatic imine (C=N–C) groups is 1. The first kappa shape index (κ1) is 13.2. The van der Waals surface area contributed by atoms with Gasteiger partial charge in [0.2, 0.25) is 5.90 Å². The van der Waals surface area contributed by atoms with Crippen molar-refractivity contribution in [2.75, 3.05) is 6.54 Å². The van der Waals surface area contributed by atoms with Gasteiger partial charge in [-0.3, -0.25) is 0 Å². The maximum absolute atomic E-state index is 9.90. The van der Waals surface area contributed by atoms with Crippen molar-refractivity contribution in [2.45, 2.75) is 12.5 Å². The standard InChI is InChI=1S/C17H14N2O2/c18-10-13-6-7-16(20)15(9-13)17-19-11-14(21-17)8-12-4-2-1-3-5-12/h1-7,9,14,20H,8,11H2. The fourth-order valence-corrected chi connectivity index (χ4v) is 2.33. The minimum Gasteiger partial charge on any atom is -0.507 e. The first-order valence-electron chi connectivity index (χ1n) is 6.75. The van der Waals surface area contributed by atoms with Gasteiger partial charge in [0.05, 0.1) is 23.7 Å². The normalized spacial score (nSPS) is 16.9. The zero-order valence-electron chi connectivity index (χ0n) is 11.4. The van der Waals surface area contributed by atoms with Gasteiger partial charge < -0.3 is 9.84 Å². The Morgan fingerprint density at radius 1 is 1.24 bits per heavy atom. The Bertz CT molecular complexity index is 717. The molecule has 0 saturated heterocycles. The fraction of sp³-hybridized carbons (Fsp3) is 0.176. The molecular weight excluding hydrogens is 264 g/mol. The number of aromatic hydroxyl groups is 1. The molecule has 0 spiro atoms. The molecule has 21 heavy (non-hydrogen) atoms. The Morgan fingerprint density at radius 3 is 2.81 bits per heavy atom. The van der Waals surface area contributed by atoms with Crippen molar-refractivity contribution in [3.8, 4) is 11.8 Å². The average Bonchev–Trinajstić information content (AvgIpc) is 2.97. The van der Waals surface area contributed by atoms with Crippen molar-refractivity contribution in [3.05, 3.63) is 65.2 Å². The Kier molecular flexibility index (Phi) is 3.57. The Labute approximate surface area is 123 Å². The van der Waals surface area contributed by atoms with Crippen molar-refractivity contribution in [2.24, 2.45) is 4.99 Å². The molecule has 0 fully saturated rings. The van der Waals surface area contributed by atoms with Crippen LogP contribution in [0, 0.1) is 11.3 Å². The van der Waals surface area contributed by atoms with Crippen molar-refractivity contribution < 1.29 is 9.84 Å². The van der Waals surface area contributed by atoms with Crippen LogP contribution >= 0.6 is 0 Å². The molecule has 2 aromatic carbocycles. The van der Waals surface area contributed by atoms with Crippen LogP contribution in [-0.4, -0.2) is 23.7 Å². The fourth-order valence-electron chi connectivity index (χ4n) is 2.33. The van der Waals surface area contributed by atoms with E-state index in [0.717, 1.165) is 6.42 Å². The van der Waals surface area contributed by atoms with Crippen LogP contribution in [0.25, 0.3) is 0 Å². The van der Waals surface area contributed by atoms with Crippen LogP contribution in [0.1, 0.15) is 16.7 Å². The molecule has 3 rings (SSSR count). The summed E-state index contributed by atoms with van der Waals surface area (Å²) in [4.78, 5) is 4.34. The van der Waals surface area contributed by atoms with Crippen LogP contribution in [0.5, 0.6) is 5.75 Å². The average molecular weight is 278 g/mol. The SMILES string of the molecule is N#Cc1ccc(O)c(C2=NCC(Cc3ccccc3)O2)c1. The van der Waals surface area contributed by atoms with Gasteiger partial charge in [0.15, 0.2) is 0 Å². The Hall–Kier alpha value is -2.80. The van der Waals surface area contributed by atoms with Gasteiger partial charge in [-0.2, -0.15) is 5.26 Å². The number of rotatable bonds is 3. The maximum atomic E-state index is 9.90. The van der Waals surface area contributed by atoms with E-state index in [1.807, 2.05) is 24.3 Å². The molecule has 0 aromatic heterocycles. The lowest BCUT2D eigenvalue weighted by molar-refractivity contribution is 0.225. The summed E-state index contributed by atoms with van der Waals surface area (Å²) in [6.45, 7) is 0.556. The molecule has 1 aliphatic heterocycles. The summed E-state index contributed by atoms with van der Waals surface area (Å²) >= 11 is 0. The minimum atomic E-state index is -0.0347. The van der Waals surface area contributed by atoms with Gasteiger partial charge in [-0.05, 0) is 23.8 Å². The van der Waals surface area contributed by atoms with Crippen LogP contribution in [-0.2, 0) is 11.2 Å². The van der Waals surface area contributed by atoms with Gasteiger partial charge in [-0.1, -0.05) is 30.3 Å². The molecule has 1 heterocycles. The number of hydrogen-bond donors (Lipinski definition) is 1. The molecule has 0 amide bonds. The summed E-state index contributed by atoms with van der Waals surface area (Å²) in [5, 5.41) is 18.8. The number of benzene rings is 2. The van der Waals surface area contributed by atoms with Crippen molar-refractivity contribution in [3.63, 3.8) is 0 Å². The quantitative estimate of drug-likeness (QED) is 0.938. The summed E-state index contributed by atoms with van der Waals surface area (Å²) in [6.07, 6.45) is 0.736. The smallest absolute Gasteiger partial charge is 0.220 e. The Morgan fingerprint density at radius 2 is 2.05 bits per heavy atom. The molecule has 0 aliphatic carbocycles. The zero-order valence-corrected chi connectivity index (χ0v) is 11.4.